The van der Waals surface area contributed by atoms with Crippen LogP contribution in [-0.4, -0.2) is 16.6 Å². The number of amides is 1. The van der Waals surface area contributed by atoms with Gasteiger partial charge in [-0.25, -0.2) is 0 Å². The molecule has 0 saturated heterocycles. The molecule has 0 bridgehead atoms. The largest absolute Gasteiger partial charge is 0.366 e. The topological polar surface area (TPSA) is 58.9 Å². The van der Waals surface area contributed by atoms with E-state index in [-0.39, 0.29) is 5.91 Å². The number of nitrogens with one attached hydrogen (secondary N) is 1. The number of primary amides is 1. The maximum Gasteiger partial charge on any atom is 0.248 e. The lowest BCUT2D eigenvalue weighted by Gasteiger charge is -2.10. The number of aromatic amines is 1. The molecule has 0 unspecified atom stereocenters. The van der Waals surface area contributed by atoms with Crippen molar-refractivity contribution in [3.8, 4) is 0 Å². The summed E-state index contributed by atoms with van der Waals surface area (Å²) >= 11 is 1.94. The monoisotopic (exact) mass is 232 g/mol. The van der Waals surface area contributed by atoms with E-state index in [1.807, 2.05) is 23.9 Å². The smallest absolute Gasteiger partial charge is 0.248 e. The molecule has 3 nitrogen and oxygen atoms in total. The first-order valence-electron chi connectivity index (χ1n) is 5.27. The Morgan fingerprint density at radius 2 is 2.31 bits per heavy atom. The first-order chi connectivity index (χ1) is 7.75. The molecule has 82 valence electrons. The Labute approximate surface area is 97.4 Å². The van der Waals surface area contributed by atoms with Crippen LogP contribution in [0.3, 0.4) is 0 Å². The van der Waals surface area contributed by atoms with Gasteiger partial charge in [-0.15, -0.1) is 0 Å². The van der Waals surface area contributed by atoms with Crippen molar-refractivity contribution in [2.45, 2.75) is 12.2 Å². The molecule has 0 radical (unpaired) electrons. The van der Waals surface area contributed by atoms with Crippen LogP contribution >= 0.6 is 11.8 Å². The second kappa shape index (κ2) is 3.56. The summed E-state index contributed by atoms with van der Waals surface area (Å²) in [5.41, 5.74) is 9.65. The molecule has 0 saturated carbocycles. The average Bonchev–Trinajstić information content (AvgIpc) is 2.66. The normalized spacial score (nSPS) is 15.0. The number of carbonyl (C=O) groups is 1. The Hall–Kier alpha value is -1.42. The second-order valence-electron chi connectivity index (χ2n) is 4.01. The summed E-state index contributed by atoms with van der Waals surface area (Å²) in [5.74, 6) is 1.83. The van der Waals surface area contributed by atoms with E-state index in [4.69, 9.17) is 5.73 Å². The molecule has 2 heterocycles. The minimum absolute atomic E-state index is 0.361. The van der Waals surface area contributed by atoms with Gasteiger partial charge in [0, 0.05) is 27.9 Å². The summed E-state index contributed by atoms with van der Waals surface area (Å²) < 4.78 is 0. The third-order valence-corrected chi connectivity index (χ3v) is 4.01. The van der Waals surface area contributed by atoms with Crippen molar-refractivity contribution < 1.29 is 4.79 Å². The van der Waals surface area contributed by atoms with E-state index in [0.29, 0.717) is 5.56 Å². The number of hydrogen-bond donors (Lipinski definition) is 2. The van der Waals surface area contributed by atoms with Crippen molar-refractivity contribution in [1.82, 2.24) is 4.98 Å². The van der Waals surface area contributed by atoms with Gasteiger partial charge in [-0.1, -0.05) is 0 Å². The number of H-pyrrole nitrogens is 1. The van der Waals surface area contributed by atoms with Gasteiger partial charge in [0.25, 0.3) is 0 Å². The van der Waals surface area contributed by atoms with Gasteiger partial charge in [0.15, 0.2) is 0 Å². The highest BCUT2D eigenvalue weighted by Gasteiger charge is 2.16. The van der Waals surface area contributed by atoms with E-state index in [1.165, 1.54) is 17.0 Å². The lowest BCUT2D eigenvalue weighted by Crippen LogP contribution is -2.10. The average molecular weight is 232 g/mol. The first kappa shape index (κ1) is 9.78. The van der Waals surface area contributed by atoms with Gasteiger partial charge in [0.05, 0.1) is 0 Å². The SMILES string of the molecule is NC(=O)c1ccc2[nH]c3c(c2c1)CSCC3. The number of rotatable bonds is 1. The van der Waals surface area contributed by atoms with Crippen molar-refractivity contribution in [3.63, 3.8) is 0 Å². The number of benzene rings is 1. The van der Waals surface area contributed by atoms with Crippen LogP contribution in [0.4, 0.5) is 0 Å². The fraction of sp³-hybridized carbons (Fsp3) is 0.250. The van der Waals surface area contributed by atoms with E-state index < -0.39 is 0 Å². The number of aryl methyl sites for hydroxylation is 1. The highest BCUT2D eigenvalue weighted by molar-refractivity contribution is 7.98. The molecule has 0 fully saturated rings. The Balaban J connectivity index is 2.25. The lowest BCUT2D eigenvalue weighted by molar-refractivity contribution is 0.100. The van der Waals surface area contributed by atoms with E-state index >= 15 is 0 Å². The molecule has 0 aliphatic carbocycles. The predicted octanol–water partition coefficient (Wildman–Crippen LogP) is 2.06. The molecular weight excluding hydrogens is 220 g/mol. The van der Waals surface area contributed by atoms with Crippen LogP contribution in [0.25, 0.3) is 10.9 Å². The third kappa shape index (κ3) is 1.41. The Morgan fingerprint density at radius 1 is 1.44 bits per heavy atom. The molecule has 3 rings (SSSR count). The van der Waals surface area contributed by atoms with Crippen molar-refractivity contribution in [1.29, 1.82) is 0 Å². The fourth-order valence-electron chi connectivity index (χ4n) is 2.18. The van der Waals surface area contributed by atoms with Gasteiger partial charge in [-0.05, 0) is 35.9 Å². The second-order valence-corrected chi connectivity index (χ2v) is 5.11. The molecule has 4 heteroatoms. The van der Waals surface area contributed by atoms with Crippen LogP contribution < -0.4 is 5.73 Å². The third-order valence-electron chi connectivity index (χ3n) is 3.02. The zero-order chi connectivity index (χ0) is 11.1. The van der Waals surface area contributed by atoms with Crippen LogP contribution in [0.15, 0.2) is 18.2 Å². The summed E-state index contributed by atoms with van der Waals surface area (Å²) in [6.07, 6.45) is 1.08. The van der Waals surface area contributed by atoms with E-state index in [2.05, 4.69) is 4.98 Å². The molecule has 16 heavy (non-hydrogen) atoms. The zero-order valence-corrected chi connectivity index (χ0v) is 9.56. The van der Waals surface area contributed by atoms with Gasteiger partial charge < -0.3 is 10.7 Å². The quantitative estimate of drug-likeness (QED) is 0.790. The summed E-state index contributed by atoms with van der Waals surface area (Å²) in [7, 11) is 0. The highest BCUT2D eigenvalue weighted by Crippen LogP contribution is 2.31. The van der Waals surface area contributed by atoms with Crippen LogP contribution in [0.1, 0.15) is 21.6 Å². The van der Waals surface area contributed by atoms with Gasteiger partial charge >= 0.3 is 0 Å². The van der Waals surface area contributed by atoms with E-state index in [1.54, 1.807) is 6.07 Å². The molecule has 2 aromatic rings. The van der Waals surface area contributed by atoms with E-state index in [9.17, 15) is 4.79 Å². The maximum atomic E-state index is 11.1. The Kier molecular flexibility index (Phi) is 2.17. The van der Waals surface area contributed by atoms with Crippen LogP contribution in [0.5, 0.6) is 0 Å². The van der Waals surface area contributed by atoms with Crippen molar-refractivity contribution in [3.05, 3.63) is 35.0 Å². The molecule has 0 spiro atoms. The number of thioether (sulfide) groups is 1. The minimum atomic E-state index is -0.361. The van der Waals surface area contributed by atoms with Crippen molar-refractivity contribution >= 4 is 28.6 Å². The minimum Gasteiger partial charge on any atom is -0.366 e. The van der Waals surface area contributed by atoms with Gasteiger partial charge in [-0.3, -0.25) is 4.79 Å². The first-order valence-corrected chi connectivity index (χ1v) is 6.42. The highest BCUT2D eigenvalue weighted by atomic mass is 32.2. The van der Waals surface area contributed by atoms with Gasteiger partial charge in [0.1, 0.15) is 0 Å². The van der Waals surface area contributed by atoms with Crippen LogP contribution in [-0.2, 0) is 12.2 Å². The predicted molar refractivity (Wildman–Crippen MR) is 66.7 cm³/mol. The van der Waals surface area contributed by atoms with Crippen molar-refractivity contribution in [2.75, 3.05) is 5.75 Å². The fourth-order valence-corrected chi connectivity index (χ4v) is 3.21. The Bertz CT molecular complexity index is 574. The zero-order valence-electron chi connectivity index (χ0n) is 8.75. The molecular formula is C12H12N2OS. The molecule has 3 N–H and O–H groups in total. The summed E-state index contributed by atoms with van der Waals surface area (Å²) in [6, 6.07) is 5.62. The number of carbonyl (C=O) groups excluding carboxylic acids is 1. The molecule has 1 amide bonds. The van der Waals surface area contributed by atoms with Gasteiger partial charge in [0.2, 0.25) is 5.91 Å². The van der Waals surface area contributed by atoms with Gasteiger partial charge in [-0.2, -0.15) is 11.8 Å². The molecule has 0 atom stereocenters. The summed E-state index contributed by atoms with van der Waals surface area (Å²) in [6.45, 7) is 0. The van der Waals surface area contributed by atoms with Crippen molar-refractivity contribution in [2.24, 2.45) is 5.73 Å². The number of fused-ring (bicyclic) bond motifs is 3. The standard InChI is InChI=1S/C12H12N2OS/c13-12(15)7-1-2-10-8(5-7)9-6-16-4-3-11(9)14-10/h1-2,5,14H,3-4,6H2,(H2,13,15). The Morgan fingerprint density at radius 3 is 3.12 bits per heavy atom. The maximum absolute atomic E-state index is 11.1. The molecule has 1 aliphatic rings. The molecule has 1 aromatic heterocycles. The lowest BCUT2D eigenvalue weighted by atomic mass is 10.1. The van der Waals surface area contributed by atoms with Crippen LogP contribution in [0, 0.1) is 0 Å². The summed E-state index contributed by atoms with van der Waals surface area (Å²) in [4.78, 5) is 14.6. The van der Waals surface area contributed by atoms with E-state index in [0.717, 1.165) is 23.1 Å². The number of hydrogen-bond acceptors (Lipinski definition) is 2. The molecule has 1 aromatic carbocycles. The number of nitrogens with two attached hydrogens (primary N) is 1. The van der Waals surface area contributed by atoms with Crippen LogP contribution in [0.2, 0.25) is 0 Å². The summed E-state index contributed by atoms with van der Waals surface area (Å²) in [5, 5.41) is 1.15. The molecule has 1 aliphatic heterocycles. The number of aromatic nitrogens is 1.